The maximum absolute atomic E-state index is 5.72. The van der Waals surface area contributed by atoms with E-state index in [1.807, 2.05) is 6.07 Å². The Morgan fingerprint density at radius 1 is 1.11 bits per heavy atom. The molecule has 104 valence electrons. The van der Waals surface area contributed by atoms with E-state index in [2.05, 4.69) is 23.5 Å². The third-order valence-electron chi connectivity index (χ3n) is 3.62. The molecule has 0 aliphatic heterocycles. The SMILES string of the molecule is c1cc(CNC2CC2)cc(OCCOCC2CC2)c1. The second-order valence-corrected chi connectivity index (χ2v) is 5.67. The van der Waals surface area contributed by atoms with Crippen molar-refractivity contribution in [3.8, 4) is 5.75 Å². The largest absolute Gasteiger partial charge is 0.491 e. The summed E-state index contributed by atoms with van der Waals surface area (Å²) in [4.78, 5) is 0. The van der Waals surface area contributed by atoms with Gasteiger partial charge in [0.1, 0.15) is 12.4 Å². The molecule has 3 nitrogen and oxygen atoms in total. The maximum atomic E-state index is 5.72. The van der Waals surface area contributed by atoms with E-state index in [0.29, 0.717) is 13.2 Å². The number of ether oxygens (including phenoxy) is 2. The van der Waals surface area contributed by atoms with Crippen molar-refractivity contribution in [2.75, 3.05) is 19.8 Å². The summed E-state index contributed by atoms with van der Waals surface area (Å²) in [5, 5.41) is 3.52. The molecule has 0 saturated heterocycles. The average Bonchev–Trinajstić information content (AvgIpc) is 3.30. The van der Waals surface area contributed by atoms with Gasteiger partial charge in [0.25, 0.3) is 0 Å². The van der Waals surface area contributed by atoms with Crippen molar-refractivity contribution in [2.24, 2.45) is 5.92 Å². The molecule has 0 radical (unpaired) electrons. The first kappa shape index (κ1) is 12.9. The van der Waals surface area contributed by atoms with Crippen LogP contribution in [0.5, 0.6) is 5.75 Å². The molecule has 0 atom stereocenters. The molecule has 2 saturated carbocycles. The van der Waals surface area contributed by atoms with Crippen LogP contribution in [0.4, 0.5) is 0 Å². The third kappa shape index (κ3) is 4.84. The molecular formula is C16H23NO2. The molecule has 2 fully saturated rings. The van der Waals surface area contributed by atoms with E-state index in [1.54, 1.807) is 0 Å². The van der Waals surface area contributed by atoms with Crippen LogP contribution in [-0.2, 0) is 11.3 Å². The lowest BCUT2D eigenvalue weighted by Gasteiger charge is -2.09. The molecule has 2 aliphatic carbocycles. The molecule has 0 aromatic heterocycles. The lowest BCUT2D eigenvalue weighted by molar-refractivity contribution is 0.0927. The lowest BCUT2D eigenvalue weighted by Crippen LogP contribution is -2.15. The van der Waals surface area contributed by atoms with E-state index >= 15 is 0 Å². The first-order valence-electron chi connectivity index (χ1n) is 7.43. The summed E-state index contributed by atoms with van der Waals surface area (Å²) in [6.07, 6.45) is 5.34. The van der Waals surface area contributed by atoms with E-state index in [4.69, 9.17) is 9.47 Å². The summed E-state index contributed by atoms with van der Waals surface area (Å²) >= 11 is 0. The van der Waals surface area contributed by atoms with Crippen LogP contribution >= 0.6 is 0 Å². The molecule has 1 aromatic rings. The normalized spacial score (nSPS) is 18.5. The lowest BCUT2D eigenvalue weighted by atomic mass is 10.2. The monoisotopic (exact) mass is 261 g/mol. The number of nitrogens with one attached hydrogen (secondary N) is 1. The quantitative estimate of drug-likeness (QED) is 0.693. The summed E-state index contributed by atoms with van der Waals surface area (Å²) in [6.45, 7) is 3.20. The fourth-order valence-electron chi connectivity index (χ4n) is 2.05. The van der Waals surface area contributed by atoms with Gasteiger partial charge < -0.3 is 14.8 Å². The molecular weight excluding hydrogens is 238 g/mol. The first-order valence-corrected chi connectivity index (χ1v) is 7.43. The van der Waals surface area contributed by atoms with Crippen LogP contribution in [0.15, 0.2) is 24.3 Å². The van der Waals surface area contributed by atoms with Crippen LogP contribution in [0, 0.1) is 5.92 Å². The van der Waals surface area contributed by atoms with Gasteiger partial charge in [0.2, 0.25) is 0 Å². The Bertz CT molecular complexity index is 399. The predicted molar refractivity (Wildman–Crippen MR) is 75.3 cm³/mol. The van der Waals surface area contributed by atoms with Crippen LogP contribution in [0.1, 0.15) is 31.2 Å². The Hall–Kier alpha value is -1.06. The molecule has 0 heterocycles. The molecule has 3 rings (SSSR count). The highest BCUT2D eigenvalue weighted by Crippen LogP contribution is 2.28. The molecule has 2 aliphatic rings. The van der Waals surface area contributed by atoms with Crippen molar-refractivity contribution in [1.29, 1.82) is 0 Å². The second-order valence-electron chi connectivity index (χ2n) is 5.67. The van der Waals surface area contributed by atoms with Gasteiger partial charge in [-0.2, -0.15) is 0 Å². The summed E-state index contributed by atoms with van der Waals surface area (Å²) in [6, 6.07) is 9.09. The van der Waals surface area contributed by atoms with E-state index in [1.165, 1.54) is 31.2 Å². The van der Waals surface area contributed by atoms with E-state index in [-0.39, 0.29) is 0 Å². The highest BCUT2D eigenvalue weighted by molar-refractivity contribution is 5.28. The molecule has 0 bridgehead atoms. The standard InChI is InChI=1S/C16H23NO2/c1-2-14(11-17-15-6-7-15)10-16(3-1)19-9-8-18-12-13-4-5-13/h1-3,10,13,15,17H,4-9,11-12H2. The minimum Gasteiger partial charge on any atom is -0.491 e. The average molecular weight is 261 g/mol. The van der Waals surface area contributed by atoms with Crippen LogP contribution in [0.3, 0.4) is 0 Å². The molecule has 0 unspecified atom stereocenters. The molecule has 0 spiro atoms. The Balaban J connectivity index is 1.35. The number of hydrogen-bond acceptors (Lipinski definition) is 3. The van der Waals surface area contributed by atoms with Gasteiger partial charge in [-0.1, -0.05) is 12.1 Å². The van der Waals surface area contributed by atoms with E-state index in [9.17, 15) is 0 Å². The molecule has 1 aromatic carbocycles. The summed E-state index contributed by atoms with van der Waals surface area (Å²) in [5.41, 5.74) is 1.29. The van der Waals surface area contributed by atoms with Crippen molar-refractivity contribution in [3.63, 3.8) is 0 Å². The number of benzene rings is 1. The van der Waals surface area contributed by atoms with Gasteiger partial charge in [-0.25, -0.2) is 0 Å². The maximum Gasteiger partial charge on any atom is 0.119 e. The van der Waals surface area contributed by atoms with Crippen molar-refractivity contribution in [1.82, 2.24) is 5.32 Å². The van der Waals surface area contributed by atoms with Crippen LogP contribution in [-0.4, -0.2) is 25.9 Å². The van der Waals surface area contributed by atoms with E-state index < -0.39 is 0 Å². The zero-order valence-corrected chi connectivity index (χ0v) is 11.4. The third-order valence-corrected chi connectivity index (χ3v) is 3.62. The minimum atomic E-state index is 0.645. The van der Waals surface area contributed by atoms with Crippen molar-refractivity contribution in [3.05, 3.63) is 29.8 Å². The molecule has 0 amide bonds. The molecule has 3 heteroatoms. The van der Waals surface area contributed by atoms with Crippen molar-refractivity contribution >= 4 is 0 Å². The Morgan fingerprint density at radius 3 is 2.79 bits per heavy atom. The van der Waals surface area contributed by atoms with Crippen LogP contribution in [0.25, 0.3) is 0 Å². The van der Waals surface area contributed by atoms with Gasteiger partial charge in [-0.15, -0.1) is 0 Å². The van der Waals surface area contributed by atoms with Gasteiger partial charge in [-0.05, 0) is 49.3 Å². The molecule has 1 N–H and O–H groups in total. The van der Waals surface area contributed by atoms with Crippen molar-refractivity contribution in [2.45, 2.75) is 38.3 Å². The van der Waals surface area contributed by atoms with Gasteiger partial charge in [0.05, 0.1) is 6.61 Å². The van der Waals surface area contributed by atoms with Crippen molar-refractivity contribution < 1.29 is 9.47 Å². The summed E-state index contributed by atoms with van der Waals surface area (Å²) in [7, 11) is 0. The van der Waals surface area contributed by atoms with E-state index in [0.717, 1.165) is 30.9 Å². The Kier molecular flexibility index (Phi) is 4.36. The highest BCUT2D eigenvalue weighted by Gasteiger charge is 2.21. The first-order chi connectivity index (χ1) is 9.40. The summed E-state index contributed by atoms with van der Waals surface area (Å²) < 4.78 is 11.3. The predicted octanol–water partition coefficient (Wildman–Crippen LogP) is 2.74. The van der Waals surface area contributed by atoms with Crippen LogP contribution < -0.4 is 10.1 Å². The zero-order chi connectivity index (χ0) is 12.9. The highest BCUT2D eigenvalue weighted by atomic mass is 16.5. The van der Waals surface area contributed by atoms with Gasteiger partial charge in [0.15, 0.2) is 0 Å². The zero-order valence-electron chi connectivity index (χ0n) is 11.4. The Labute approximate surface area is 115 Å². The second kappa shape index (κ2) is 6.40. The Morgan fingerprint density at radius 2 is 2.00 bits per heavy atom. The molecule has 19 heavy (non-hydrogen) atoms. The van der Waals surface area contributed by atoms with Gasteiger partial charge >= 0.3 is 0 Å². The van der Waals surface area contributed by atoms with Gasteiger partial charge in [-0.3, -0.25) is 0 Å². The fraction of sp³-hybridized carbons (Fsp3) is 0.625. The summed E-state index contributed by atoms with van der Waals surface area (Å²) in [5.74, 6) is 1.78. The number of rotatable bonds is 9. The van der Waals surface area contributed by atoms with Gasteiger partial charge in [0, 0.05) is 19.2 Å². The fourth-order valence-corrected chi connectivity index (χ4v) is 2.05. The smallest absolute Gasteiger partial charge is 0.119 e. The van der Waals surface area contributed by atoms with Crippen LogP contribution in [0.2, 0.25) is 0 Å². The topological polar surface area (TPSA) is 30.5 Å². The number of hydrogen-bond donors (Lipinski definition) is 1. The minimum absolute atomic E-state index is 0.645.